The molecule has 37 heavy (non-hydrogen) atoms. The number of dihydropyridines is 1. The van der Waals surface area contributed by atoms with E-state index in [1.165, 1.54) is 0 Å². The molecule has 0 unspecified atom stereocenters. The molecule has 1 aliphatic heterocycles. The molecule has 0 atom stereocenters. The quantitative estimate of drug-likeness (QED) is 0.343. The highest BCUT2D eigenvalue weighted by Gasteiger charge is 2.39. The second-order valence-electron chi connectivity index (χ2n) is 8.59. The predicted octanol–water partition coefficient (Wildman–Crippen LogP) is 6.22. The molecule has 2 aromatic carbocycles. The Morgan fingerprint density at radius 2 is 1.46 bits per heavy atom. The lowest BCUT2D eigenvalue weighted by atomic mass is 9.79. The summed E-state index contributed by atoms with van der Waals surface area (Å²) in [6.45, 7) is 9.58. The van der Waals surface area contributed by atoms with Gasteiger partial charge in [-0.1, -0.05) is 59.9 Å². The van der Waals surface area contributed by atoms with Crippen LogP contribution in [0.3, 0.4) is 0 Å². The zero-order chi connectivity index (χ0) is 26.5. The summed E-state index contributed by atoms with van der Waals surface area (Å²) in [7, 11) is 0. The van der Waals surface area contributed by atoms with Crippen LogP contribution in [0.5, 0.6) is 0 Å². The summed E-state index contributed by atoms with van der Waals surface area (Å²) >= 11 is 1.55. The van der Waals surface area contributed by atoms with E-state index in [9.17, 15) is 9.59 Å². The molecule has 192 valence electrons. The van der Waals surface area contributed by atoms with Gasteiger partial charge in [-0.25, -0.2) is 14.6 Å². The fourth-order valence-corrected chi connectivity index (χ4v) is 5.53. The highest BCUT2D eigenvalue weighted by atomic mass is 32.1. The van der Waals surface area contributed by atoms with Gasteiger partial charge >= 0.3 is 11.9 Å². The fraction of sp³-hybridized carbons (Fsp3) is 0.276. The standard InChI is InChI=1S/C29H31N3O4S/c1-6-35-27(33)23-17(3)30-18(4)24(28(34)36-7-2)25(23)21-15-11-12-16-22(21)32-29-31-19(5)26(37-29)20-13-9-8-10-14-20/h8-16,25,30H,6-7H2,1-5H3,(H,31,32). The summed E-state index contributed by atoms with van der Waals surface area (Å²) in [6, 6.07) is 17.8. The molecule has 4 rings (SSSR count). The van der Waals surface area contributed by atoms with Crippen molar-refractivity contribution in [3.63, 3.8) is 0 Å². The van der Waals surface area contributed by atoms with E-state index in [1.807, 2.05) is 63.2 Å². The lowest BCUT2D eigenvalue weighted by molar-refractivity contribution is -0.139. The largest absolute Gasteiger partial charge is 0.463 e. The van der Waals surface area contributed by atoms with E-state index in [0.29, 0.717) is 22.5 Å². The minimum absolute atomic E-state index is 0.223. The molecule has 0 saturated heterocycles. The third-order valence-corrected chi connectivity index (χ3v) is 7.22. The van der Waals surface area contributed by atoms with Gasteiger partial charge in [0, 0.05) is 17.1 Å². The first-order valence-corrected chi connectivity index (χ1v) is 13.1. The lowest BCUT2D eigenvalue weighted by Gasteiger charge is -2.31. The van der Waals surface area contributed by atoms with E-state index in [0.717, 1.165) is 32.5 Å². The molecule has 7 nitrogen and oxygen atoms in total. The van der Waals surface area contributed by atoms with E-state index in [2.05, 4.69) is 22.8 Å². The highest BCUT2D eigenvalue weighted by molar-refractivity contribution is 7.19. The van der Waals surface area contributed by atoms with Crippen LogP contribution in [-0.2, 0) is 19.1 Å². The van der Waals surface area contributed by atoms with Crippen molar-refractivity contribution >= 4 is 34.1 Å². The zero-order valence-electron chi connectivity index (χ0n) is 21.7. The van der Waals surface area contributed by atoms with Crippen LogP contribution >= 0.6 is 11.3 Å². The number of nitrogens with zero attached hydrogens (tertiary/aromatic N) is 1. The van der Waals surface area contributed by atoms with Gasteiger partial charge in [0.05, 0.1) is 40.8 Å². The molecule has 3 aromatic rings. The van der Waals surface area contributed by atoms with E-state index in [-0.39, 0.29) is 13.2 Å². The van der Waals surface area contributed by atoms with E-state index in [1.54, 1.807) is 25.2 Å². The number of benzene rings is 2. The van der Waals surface area contributed by atoms with E-state index < -0.39 is 17.9 Å². The number of para-hydroxylation sites is 1. The third-order valence-electron chi connectivity index (χ3n) is 6.10. The monoisotopic (exact) mass is 517 g/mol. The first-order chi connectivity index (χ1) is 17.8. The number of aromatic nitrogens is 1. The van der Waals surface area contributed by atoms with Gasteiger partial charge in [-0.3, -0.25) is 0 Å². The molecule has 0 saturated carbocycles. The average molecular weight is 518 g/mol. The van der Waals surface area contributed by atoms with Gasteiger partial charge in [-0.15, -0.1) is 0 Å². The van der Waals surface area contributed by atoms with Crippen LogP contribution in [0.4, 0.5) is 10.8 Å². The zero-order valence-corrected chi connectivity index (χ0v) is 22.5. The van der Waals surface area contributed by atoms with Gasteiger partial charge in [0.15, 0.2) is 5.13 Å². The lowest BCUT2D eigenvalue weighted by Crippen LogP contribution is -2.32. The molecule has 0 amide bonds. The Bertz CT molecular complexity index is 1330. The Labute approximate surface area is 221 Å². The molecule has 0 bridgehead atoms. The fourth-order valence-electron chi connectivity index (χ4n) is 4.55. The normalized spacial score (nSPS) is 13.9. The molecule has 2 N–H and O–H groups in total. The van der Waals surface area contributed by atoms with Crippen LogP contribution in [0.25, 0.3) is 10.4 Å². The number of rotatable bonds is 8. The van der Waals surface area contributed by atoms with Gasteiger partial charge in [-0.05, 0) is 51.8 Å². The summed E-state index contributed by atoms with van der Waals surface area (Å²) in [4.78, 5) is 32.2. The molecule has 8 heteroatoms. The highest BCUT2D eigenvalue weighted by Crippen LogP contribution is 2.43. The van der Waals surface area contributed by atoms with Crippen LogP contribution in [0, 0.1) is 6.92 Å². The summed E-state index contributed by atoms with van der Waals surface area (Å²) in [6.07, 6.45) is 0. The summed E-state index contributed by atoms with van der Waals surface area (Å²) in [5.41, 5.74) is 5.55. The van der Waals surface area contributed by atoms with Gasteiger partial charge in [-0.2, -0.15) is 0 Å². The number of hydrogen-bond donors (Lipinski definition) is 2. The SMILES string of the molecule is CCOC(=O)C1=C(C)NC(C)=C(C(=O)OCC)C1c1ccccc1Nc1nc(C)c(-c2ccccc2)s1. The van der Waals surface area contributed by atoms with Gasteiger partial charge in [0.1, 0.15) is 0 Å². The van der Waals surface area contributed by atoms with E-state index >= 15 is 0 Å². The van der Waals surface area contributed by atoms with E-state index in [4.69, 9.17) is 14.5 Å². The van der Waals surface area contributed by atoms with Crippen molar-refractivity contribution in [3.05, 3.63) is 88.4 Å². The Morgan fingerprint density at radius 1 is 0.892 bits per heavy atom. The van der Waals surface area contributed by atoms with Crippen molar-refractivity contribution in [2.24, 2.45) is 0 Å². The number of ether oxygens (including phenoxy) is 2. The predicted molar refractivity (Wildman–Crippen MR) is 147 cm³/mol. The van der Waals surface area contributed by atoms with Crippen LogP contribution in [0.15, 0.2) is 77.1 Å². The van der Waals surface area contributed by atoms with Gasteiger partial charge in [0.25, 0.3) is 0 Å². The number of esters is 2. The topological polar surface area (TPSA) is 89.5 Å². The van der Waals surface area contributed by atoms with Crippen molar-refractivity contribution in [2.75, 3.05) is 18.5 Å². The summed E-state index contributed by atoms with van der Waals surface area (Å²) in [5.74, 6) is -1.63. The van der Waals surface area contributed by atoms with Crippen molar-refractivity contribution in [3.8, 4) is 10.4 Å². The molecular formula is C29H31N3O4S. The number of thiazole rings is 1. The molecule has 1 aliphatic rings. The summed E-state index contributed by atoms with van der Waals surface area (Å²) in [5, 5.41) is 7.35. The number of hydrogen-bond acceptors (Lipinski definition) is 8. The summed E-state index contributed by atoms with van der Waals surface area (Å²) < 4.78 is 10.8. The number of anilines is 2. The van der Waals surface area contributed by atoms with Gasteiger partial charge < -0.3 is 20.1 Å². The van der Waals surface area contributed by atoms with Crippen LogP contribution in [0.2, 0.25) is 0 Å². The Kier molecular flexibility index (Phi) is 8.08. The number of carbonyl (C=O) groups excluding carboxylic acids is 2. The van der Waals surface area contributed by atoms with Crippen LogP contribution in [0.1, 0.15) is 44.9 Å². The number of nitrogens with one attached hydrogen (secondary N) is 2. The Balaban J connectivity index is 1.81. The molecule has 2 heterocycles. The first kappa shape index (κ1) is 26.2. The van der Waals surface area contributed by atoms with Crippen molar-refractivity contribution in [1.82, 2.24) is 10.3 Å². The number of allylic oxidation sites excluding steroid dienone is 2. The third kappa shape index (κ3) is 5.44. The molecule has 0 radical (unpaired) electrons. The average Bonchev–Trinajstić information content (AvgIpc) is 3.24. The van der Waals surface area contributed by atoms with Crippen LogP contribution < -0.4 is 10.6 Å². The van der Waals surface area contributed by atoms with Crippen molar-refractivity contribution in [2.45, 2.75) is 40.5 Å². The van der Waals surface area contributed by atoms with Crippen molar-refractivity contribution < 1.29 is 19.1 Å². The number of aryl methyl sites for hydroxylation is 1. The second-order valence-corrected chi connectivity index (χ2v) is 9.59. The minimum atomic E-state index is -0.683. The minimum Gasteiger partial charge on any atom is -0.463 e. The Hall–Kier alpha value is -3.91. The Morgan fingerprint density at radius 3 is 2.05 bits per heavy atom. The molecule has 0 aliphatic carbocycles. The smallest absolute Gasteiger partial charge is 0.336 e. The van der Waals surface area contributed by atoms with Gasteiger partial charge in [0.2, 0.25) is 0 Å². The molecule has 0 spiro atoms. The van der Waals surface area contributed by atoms with Crippen molar-refractivity contribution in [1.29, 1.82) is 0 Å². The number of carbonyl (C=O) groups is 2. The maximum atomic E-state index is 13.2. The molecule has 0 fully saturated rings. The maximum absolute atomic E-state index is 13.2. The second kappa shape index (κ2) is 11.4. The first-order valence-electron chi connectivity index (χ1n) is 12.3. The molecule has 1 aromatic heterocycles. The molecular weight excluding hydrogens is 486 g/mol. The van der Waals surface area contributed by atoms with Crippen LogP contribution in [-0.4, -0.2) is 30.1 Å². The maximum Gasteiger partial charge on any atom is 0.336 e.